The van der Waals surface area contributed by atoms with Crippen LogP contribution in [0.4, 0.5) is 5.69 Å². The van der Waals surface area contributed by atoms with Crippen LogP contribution in [0.25, 0.3) is 0 Å². The fourth-order valence-electron chi connectivity index (χ4n) is 2.43. The average molecular weight is 269 g/mol. The molecule has 1 unspecified atom stereocenters. The first-order chi connectivity index (χ1) is 9.49. The van der Waals surface area contributed by atoms with Crippen LogP contribution >= 0.6 is 0 Å². The highest BCUT2D eigenvalue weighted by Crippen LogP contribution is 2.22. The number of hydrogen-bond donors (Lipinski definition) is 1. The van der Waals surface area contributed by atoms with E-state index in [-0.39, 0.29) is 0 Å². The van der Waals surface area contributed by atoms with Gasteiger partial charge in [-0.25, -0.2) is 0 Å². The third-order valence-electron chi connectivity index (χ3n) is 3.89. The highest BCUT2D eigenvalue weighted by Gasteiger charge is 2.13. The largest absolute Gasteiger partial charge is 0.387 e. The Morgan fingerprint density at radius 3 is 2.30 bits per heavy atom. The Hall–Kier alpha value is -1.80. The van der Waals surface area contributed by atoms with Gasteiger partial charge in [-0.05, 0) is 49.1 Å². The van der Waals surface area contributed by atoms with Gasteiger partial charge in [0.25, 0.3) is 0 Å². The van der Waals surface area contributed by atoms with Crippen molar-refractivity contribution in [3.63, 3.8) is 0 Å². The average Bonchev–Trinajstić information content (AvgIpc) is 2.42. The molecule has 0 aliphatic carbocycles. The summed E-state index contributed by atoms with van der Waals surface area (Å²) in [4.78, 5) is 2.11. The molecular weight excluding hydrogens is 246 g/mol. The van der Waals surface area contributed by atoms with Crippen molar-refractivity contribution >= 4 is 5.69 Å². The summed E-state index contributed by atoms with van der Waals surface area (Å²) < 4.78 is 0. The Kier molecular flexibility index (Phi) is 4.46. The molecule has 20 heavy (non-hydrogen) atoms. The van der Waals surface area contributed by atoms with Crippen LogP contribution in [0.1, 0.15) is 28.4 Å². The van der Waals surface area contributed by atoms with E-state index in [1.165, 1.54) is 16.7 Å². The molecule has 0 aromatic heterocycles. The Labute approximate surface area is 121 Å². The predicted octanol–water partition coefficient (Wildman–Crippen LogP) is 3.78. The van der Waals surface area contributed by atoms with E-state index in [0.29, 0.717) is 6.54 Å². The van der Waals surface area contributed by atoms with E-state index in [0.717, 1.165) is 11.3 Å². The fraction of sp³-hybridized carbons (Fsp3) is 0.333. The summed E-state index contributed by atoms with van der Waals surface area (Å²) in [6.45, 7) is 6.85. The van der Waals surface area contributed by atoms with E-state index in [9.17, 15) is 5.11 Å². The van der Waals surface area contributed by atoms with E-state index < -0.39 is 6.10 Å². The van der Waals surface area contributed by atoms with Crippen molar-refractivity contribution in [1.82, 2.24) is 0 Å². The molecule has 0 saturated carbocycles. The molecule has 0 aliphatic rings. The number of aryl methyl sites for hydroxylation is 3. The molecule has 2 nitrogen and oxygen atoms in total. The van der Waals surface area contributed by atoms with Crippen LogP contribution in [-0.4, -0.2) is 18.7 Å². The summed E-state index contributed by atoms with van der Waals surface area (Å²) >= 11 is 0. The molecule has 0 fully saturated rings. The monoisotopic (exact) mass is 269 g/mol. The second kappa shape index (κ2) is 6.10. The highest BCUT2D eigenvalue weighted by atomic mass is 16.3. The van der Waals surface area contributed by atoms with Crippen LogP contribution in [-0.2, 0) is 0 Å². The van der Waals surface area contributed by atoms with Crippen molar-refractivity contribution in [2.75, 3.05) is 18.5 Å². The molecule has 0 heterocycles. The third kappa shape index (κ3) is 3.20. The normalized spacial score (nSPS) is 12.2. The van der Waals surface area contributed by atoms with Crippen LogP contribution in [0, 0.1) is 20.8 Å². The number of rotatable bonds is 4. The summed E-state index contributed by atoms with van der Waals surface area (Å²) in [6, 6.07) is 14.4. The number of likely N-dealkylation sites (N-methyl/N-ethyl adjacent to an activating group) is 1. The molecule has 0 saturated heterocycles. The molecule has 1 atom stereocenters. The van der Waals surface area contributed by atoms with Gasteiger partial charge in [0.05, 0.1) is 6.10 Å². The smallest absolute Gasteiger partial charge is 0.0964 e. The molecule has 0 spiro atoms. The van der Waals surface area contributed by atoms with Crippen LogP contribution in [0.2, 0.25) is 0 Å². The molecule has 0 bridgehead atoms. The lowest BCUT2D eigenvalue weighted by Crippen LogP contribution is -2.24. The van der Waals surface area contributed by atoms with Crippen molar-refractivity contribution in [3.05, 3.63) is 64.7 Å². The molecule has 2 rings (SSSR count). The second-order valence-corrected chi connectivity index (χ2v) is 5.53. The highest BCUT2D eigenvalue weighted by molar-refractivity contribution is 5.52. The van der Waals surface area contributed by atoms with Gasteiger partial charge in [-0.15, -0.1) is 0 Å². The van der Waals surface area contributed by atoms with Crippen LogP contribution in [0.5, 0.6) is 0 Å². The minimum Gasteiger partial charge on any atom is -0.387 e. The molecule has 1 N–H and O–H groups in total. The van der Waals surface area contributed by atoms with E-state index in [1.807, 2.05) is 25.2 Å². The predicted molar refractivity (Wildman–Crippen MR) is 85.3 cm³/mol. The van der Waals surface area contributed by atoms with Crippen molar-refractivity contribution in [2.24, 2.45) is 0 Å². The van der Waals surface area contributed by atoms with Crippen molar-refractivity contribution in [1.29, 1.82) is 0 Å². The summed E-state index contributed by atoms with van der Waals surface area (Å²) in [6.07, 6.45) is -0.473. The summed E-state index contributed by atoms with van der Waals surface area (Å²) in [5.74, 6) is 0. The summed E-state index contributed by atoms with van der Waals surface area (Å²) in [7, 11) is 2.02. The van der Waals surface area contributed by atoms with Crippen LogP contribution in [0.15, 0.2) is 42.5 Å². The van der Waals surface area contributed by atoms with Crippen LogP contribution in [0.3, 0.4) is 0 Å². The maximum Gasteiger partial charge on any atom is 0.0964 e. The Morgan fingerprint density at radius 2 is 1.65 bits per heavy atom. The minimum absolute atomic E-state index is 0.473. The van der Waals surface area contributed by atoms with Gasteiger partial charge in [-0.3, -0.25) is 0 Å². The second-order valence-electron chi connectivity index (χ2n) is 5.53. The first-order valence-corrected chi connectivity index (χ1v) is 7.01. The third-order valence-corrected chi connectivity index (χ3v) is 3.89. The van der Waals surface area contributed by atoms with E-state index in [1.54, 1.807) is 0 Å². The minimum atomic E-state index is -0.473. The number of benzene rings is 2. The zero-order valence-corrected chi connectivity index (χ0v) is 12.7. The molecular formula is C18H23NO. The maximum absolute atomic E-state index is 10.4. The molecule has 0 aliphatic heterocycles. The number of nitrogens with zero attached hydrogens (tertiary/aromatic N) is 1. The molecule has 2 aromatic carbocycles. The molecule has 0 radical (unpaired) electrons. The Balaban J connectivity index is 2.13. The standard InChI is InChI=1S/C18H23NO/c1-13-9-10-16(11-15(13)3)18(20)12-19(4)17-8-6-5-7-14(17)2/h5-11,18,20H,12H2,1-4H3. The van der Waals surface area contributed by atoms with Gasteiger partial charge < -0.3 is 10.0 Å². The van der Waals surface area contributed by atoms with Crippen LogP contribution < -0.4 is 4.90 Å². The number of aliphatic hydroxyl groups is 1. The van der Waals surface area contributed by atoms with Gasteiger partial charge in [0.15, 0.2) is 0 Å². The van der Waals surface area contributed by atoms with E-state index in [4.69, 9.17) is 0 Å². The lowest BCUT2D eigenvalue weighted by atomic mass is 10.0. The number of aliphatic hydroxyl groups excluding tert-OH is 1. The zero-order valence-electron chi connectivity index (χ0n) is 12.7. The summed E-state index contributed by atoms with van der Waals surface area (Å²) in [5, 5.41) is 10.4. The maximum atomic E-state index is 10.4. The number of anilines is 1. The Bertz CT molecular complexity index is 592. The quantitative estimate of drug-likeness (QED) is 0.913. The van der Waals surface area contributed by atoms with Gasteiger partial charge in [0.2, 0.25) is 0 Å². The fourth-order valence-corrected chi connectivity index (χ4v) is 2.43. The number of para-hydroxylation sites is 1. The summed E-state index contributed by atoms with van der Waals surface area (Å²) in [5.41, 5.74) is 5.85. The molecule has 106 valence electrons. The van der Waals surface area contributed by atoms with Crippen molar-refractivity contribution in [2.45, 2.75) is 26.9 Å². The van der Waals surface area contributed by atoms with Gasteiger partial charge in [-0.1, -0.05) is 36.4 Å². The molecule has 2 heteroatoms. The lowest BCUT2D eigenvalue weighted by molar-refractivity contribution is 0.185. The lowest BCUT2D eigenvalue weighted by Gasteiger charge is -2.24. The first-order valence-electron chi connectivity index (χ1n) is 7.01. The van der Waals surface area contributed by atoms with Gasteiger partial charge >= 0.3 is 0 Å². The zero-order chi connectivity index (χ0) is 14.7. The molecule has 0 amide bonds. The van der Waals surface area contributed by atoms with Crippen molar-refractivity contribution in [3.8, 4) is 0 Å². The van der Waals surface area contributed by atoms with Gasteiger partial charge in [-0.2, -0.15) is 0 Å². The SMILES string of the molecule is Cc1ccc(C(O)CN(C)c2ccccc2C)cc1C. The van der Waals surface area contributed by atoms with E-state index in [2.05, 4.69) is 49.9 Å². The number of hydrogen-bond acceptors (Lipinski definition) is 2. The molecule has 2 aromatic rings. The Morgan fingerprint density at radius 1 is 0.950 bits per heavy atom. The van der Waals surface area contributed by atoms with Gasteiger partial charge in [0.1, 0.15) is 0 Å². The van der Waals surface area contributed by atoms with E-state index >= 15 is 0 Å². The first kappa shape index (κ1) is 14.6. The topological polar surface area (TPSA) is 23.5 Å². The van der Waals surface area contributed by atoms with Gasteiger partial charge in [0, 0.05) is 19.3 Å². The van der Waals surface area contributed by atoms with Crippen molar-refractivity contribution < 1.29 is 5.11 Å².